The van der Waals surface area contributed by atoms with Gasteiger partial charge in [0.1, 0.15) is 6.17 Å². The fourth-order valence-corrected chi connectivity index (χ4v) is 4.48. The van der Waals surface area contributed by atoms with Crippen molar-refractivity contribution < 1.29 is 23.8 Å². The molecule has 5 rings (SSSR count). The predicted octanol–water partition coefficient (Wildman–Crippen LogP) is 4.01. The van der Waals surface area contributed by atoms with Crippen LogP contribution in [-0.2, 0) is 9.53 Å². The summed E-state index contributed by atoms with van der Waals surface area (Å²) >= 11 is 0. The van der Waals surface area contributed by atoms with Crippen LogP contribution in [0.4, 0.5) is 11.4 Å². The quantitative estimate of drug-likeness (QED) is 0.566. The molecule has 1 fully saturated rings. The maximum Gasteiger partial charge on any atom is 0.262 e. The van der Waals surface area contributed by atoms with Crippen molar-refractivity contribution >= 4 is 23.2 Å². The average molecular weight is 488 g/mol. The summed E-state index contributed by atoms with van der Waals surface area (Å²) in [5, 5.41) is 3.51. The van der Waals surface area contributed by atoms with Gasteiger partial charge in [-0.1, -0.05) is 35.9 Å². The Morgan fingerprint density at radius 1 is 1.03 bits per heavy atom. The molecule has 0 saturated carbocycles. The summed E-state index contributed by atoms with van der Waals surface area (Å²) in [6, 6.07) is 20.9. The Hall–Kier alpha value is -4.04. The molecule has 2 heterocycles. The van der Waals surface area contributed by atoms with Crippen molar-refractivity contribution in [2.75, 3.05) is 50.2 Å². The average Bonchev–Trinajstić information content (AvgIpc) is 2.92. The Kier molecular flexibility index (Phi) is 6.77. The lowest BCUT2D eigenvalue weighted by atomic mass is 10.0. The van der Waals surface area contributed by atoms with Gasteiger partial charge in [0.15, 0.2) is 18.1 Å². The number of anilines is 2. The number of nitrogens with zero attached hydrogens (tertiary/aromatic N) is 2. The number of para-hydroxylation sites is 1. The lowest BCUT2D eigenvalue weighted by molar-refractivity contribution is -0.137. The van der Waals surface area contributed by atoms with E-state index in [9.17, 15) is 9.59 Å². The van der Waals surface area contributed by atoms with E-state index in [1.54, 1.807) is 23.0 Å². The molecule has 0 aromatic heterocycles. The third kappa shape index (κ3) is 4.72. The van der Waals surface area contributed by atoms with Crippen molar-refractivity contribution in [3.63, 3.8) is 0 Å². The predicted molar refractivity (Wildman–Crippen MR) is 137 cm³/mol. The molecule has 0 spiro atoms. The Bertz CT molecular complexity index is 1250. The number of ether oxygens (including phenoxy) is 3. The molecule has 8 nitrogen and oxygen atoms in total. The molecule has 1 saturated heterocycles. The van der Waals surface area contributed by atoms with Gasteiger partial charge in [-0.25, -0.2) is 0 Å². The molecule has 1 N–H and O–H groups in total. The number of amides is 2. The van der Waals surface area contributed by atoms with Crippen molar-refractivity contribution in [2.24, 2.45) is 0 Å². The second-order valence-corrected chi connectivity index (χ2v) is 8.80. The zero-order valence-corrected chi connectivity index (χ0v) is 20.4. The Labute approximate surface area is 210 Å². The van der Waals surface area contributed by atoms with Gasteiger partial charge in [0.25, 0.3) is 11.8 Å². The topological polar surface area (TPSA) is 80.3 Å². The zero-order chi connectivity index (χ0) is 25.1. The molecule has 3 aromatic rings. The number of aryl methyl sites for hydroxylation is 1. The third-order valence-electron chi connectivity index (χ3n) is 6.46. The van der Waals surface area contributed by atoms with E-state index in [1.807, 2.05) is 67.6 Å². The van der Waals surface area contributed by atoms with E-state index in [4.69, 9.17) is 14.2 Å². The van der Waals surface area contributed by atoms with Gasteiger partial charge in [0.2, 0.25) is 0 Å². The lowest BCUT2D eigenvalue weighted by Crippen LogP contribution is -2.43. The number of nitrogens with one attached hydrogen (secondary N) is 1. The Morgan fingerprint density at radius 3 is 2.53 bits per heavy atom. The summed E-state index contributed by atoms with van der Waals surface area (Å²) in [6.07, 6.45) is -0.465. The molecule has 2 amide bonds. The second-order valence-electron chi connectivity index (χ2n) is 8.80. The van der Waals surface area contributed by atoms with Crippen LogP contribution in [0.3, 0.4) is 0 Å². The molecule has 8 heteroatoms. The van der Waals surface area contributed by atoms with E-state index in [-0.39, 0.29) is 18.4 Å². The van der Waals surface area contributed by atoms with Gasteiger partial charge >= 0.3 is 0 Å². The standard InChI is InChI=1S/C28H29N3O5/c1-19-7-10-21(11-8-19)31-27(29-23-6-4-3-5-22(23)28(31)33)20-9-12-24(25(17-20)34-2)36-18-26(32)30-13-15-35-16-14-30/h3-12,17,27,29H,13-16,18H2,1-2H3/t27-/m1/s1. The molecule has 2 aliphatic rings. The van der Waals surface area contributed by atoms with E-state index in [0.717, 1.165) is 22.5 Å². The summed E-state index contributed by atoms with van der Waals surface area (Å²) in [4.78, 5) is 29.6. The first kappa shape index (κ1) is 23.7. The third-order valence-corrected chi connectivity index (χ3v) is 6.46. The van der Waals surface area contributed by atoms with E-state index < -0.39 is 6.17 Å². The zero-order valence-electron chi connectivity index (χ0n) is 20.4. The van der Waals surface area contributed by atoms with Crippen LogP contribution in [0, 0.1) is 6.92 Å². The number of carbonyl (C=O) groups excluding carboxylic acids is 2. The molecule has 0 radical (unpaired) electrons. The summed E-state index contributed by atoms with van der Waals surface area (Å²) in [5.74, 6) is 0.770. The number of carbonyl (C=O) groups is 2. The Balaban J connectivity index is 1.43. The fraction of sp³-hybridized carbons (Fsp3) is 0.286. The van der Waals surface area contributed by atoms with Crippen molar-refractivity contribution in [2.45, 2.75) is 13.1 Å². The molecule has 36 heavy (non-hydrogen) atoms. The van der Waals surface area contributed by atoms with Crippen LogP contribution >= 0.6 is 0 Å². The van der Waals surface area contributed by atoms with Crippen molar-refractivity contribution in [3.05, 3.63) is 83.4 Å². The van der Waals surface area contributed by atoms with E-state index >= 15 is 0 Å². The van der Waals surface area contributed by atoms with Gasteiger partial charge < -0.3 is 24.4 Å². The van der Waals surface area contributed by atoms with Crippen molar-refractivity contribution in [3.8, 4) is 11.5 Å². The lowest BCUT2D eigenvalue weighted by Gasteiger charge is -2.38. The minimum atomic E-state index is -0.465. The van der Waals surface area contributed by atoms with E-state index in [2.05, 4.69) is 5.32 Å². The second kappa shape index (κ2) is 10.3. The highest BCUT2D eigenvalue weighted by Crippen LogP contribution is 2.39. The van der Waals surface area contributed by atoms with Crippen LogP contribution in [0.15, 0.2) is 66.7 Å². The molecule has 3 aromatic carbocycles. The van der Waals surface area contributed by atoms with Crippen LogP contribution in [0.25, 0.3) is 0 Å². The van der Waals surface area contributed by atoms with Gasteiger partial charge in [0.05, 0.1) is 25.9 Å². The maximum absolute atomic E-state index is 13.6. The molecule has 1 atom stereocenters. The largest absolute Gasteiger partial charge is 0.493 e. The molecule has 0 aliphatic carbocycles. The van der Waals surface area contributed by atoms with Gasteiger partial charge in [-0.2, -0.15) is 0 Å². The SMILES string of the molecule is COc1cc([C@@H]2Nc3ccccc3C(=O)N2c2ccc(C)cc2)ccc1OCC(=O)N1CCOCC1. The number of hydrogen-bond donors (Lipinski definition) is 1. The highest BCUT2D eigenvalue weighted by atomic mass is 16.5. The molecular weight excluding hydrogens is 458 g/mol. The number of fused-ring (bicyclic) bond motifs is 1. The minimum absolute atomic E-state index is 0.0846. The van der Waals surface area contributed by atoms with Crippen LogP contribution in [0.5, 0.6) is 11.5 Å². The van der Waals surface area contributed by atoms with Crippen LogP contribution in [0.2, 0.25) is 0 Å². The first-order chi connectivity index (χ1) is 17.5. The molecule has 2 aliphatic heterocycles. The summed E-state index contributed by atoms with van der Waals surface area (Å²) in [6.45, 7) is 4.14. The molecule has 186 valence electrons. The Morgan fingerprint density at radius 2 is 1.78 bits per heavy atom. The number of rotatable bonds is 6. The maximum atomic E-state index is 13.6. The van der Waals surface area contributed by atoms with Gasteiger partial charge in [0, 0.05) is 24.5 Å². The highest BCUT2D eigenvalue weighted by molar-refractivity contribution is 6.12. The van der Waals surface area contributed by atoms with Gasteiger partial charge in [-0.15, -0.1) is 0 Å². The van der Waals surface area contributed by atoms with Crippen molar-refractivity contribution in [1.82, 2.24) is 4.90 Å². The monoisotopic (exact) mass is 487 g/mol. The van der Waals surface area contributed by atoms with E-state index in [1.165, 1.54) is 0 Å². The summed E-state index contributed by atoms with van der Waals surface area (Å²) in [5.41, 5.74) is 4.10. The number of methoxy groups -OCH3 is 1. The van der Waals surface area contributed by atoms with Gasteiger partial charge in [-0.3, -0.25) is 14.5 Å². The normalized spacial score (nSPS) is 17.3. The minimum Gasteiger partial charge on any atom is -0.493 e. The number of benzene rings is 3. The number of morpholine rings is 1. The smallest absolute Gasteiger partial charge is 0.262 e. The fourth-order valence-electron chi connectivity index (χ4n) is 4.48. The van der Waals surface area contributed by atoms with Crippen molar-refractivity contribution in [1.29, 1.82) is 0 Å². The first-order valence-corrected chi connectivity index (χ1v) is 12.0. The highest BCUT2D eigenvalue weighted by Gasteiger charge is 2.34. The van der Waals surface area contributed by atoms with Gasteiger partial charge in [-0.05, 0) is 48.9 Å². The van der Waals surface area contributed by atoms with Crippen LogP contribution < -0.4 is 19.7 Å². The van der Waals surface area contributed by atoms with Crippen LogP contribution in [-0.4, -0.2) is 56.7 Å². The molecule has 0 bridgehead atoms. The molecular formula is C28H29N3O5. The van der Waals surface area contributed by atoms with E-state index in [0.29, 0.717) is 43.4 Å². The molecule has 0 unspecified atom stereocenters. The first-order valence-electron chi connectivity index (χ1n) is 12.0. The summed E-state index contributed by atoms with van der Waals surface area (Å²) < 4.78 is 16.7. The number of hydrogen-bond acceptors (Lipinski definition) is 6. The van der Waals surface area contributed by atoms with Crippen LogP contribution in [0.1, 0.15) is 27.7 Å². The summed E-state index contributed by atoms with van der Waals surface area (Å²) in [7, 11) is 1.56.